The van der Waals surface area contributed by atoms with Crippen molar-refractivity contribution in [1.29, 1.82) is 0 Å². The van der Waals surface area contributed by atoms with Gasteiger partial charge in [0, 0.05) is 49.8 Å². The van der Waals surface area contributed by atoms with Crippen LogP contribution in [-0.4, -0.2) is 63.0 Å². The first-order chi connectivity index (χ1) is 20.3. The van der Waals surface area contributed by atoms with Crippen molar-refractivity contribution in [3.8, 4) is 0 Å². The molecule has 2 fully saturated rings. The number of nitrogens with one attached hydrogen (secondary N) is 1. The molecule has 0 amide bonds. The fraction of sp³-hybridized carbons (Fsp3) is 0.514. The summed E-state index contributed by atoms with van der Waals surface area (Å²) in [7, 11) is -3.24. The Morgan fingerprint density at radius 2 is 1.71 bits per heavy atom. The first-order valence-corrected chi connectivity index (χ1v) is 17.7. The molecular weight excluding hydrogens is 542 g/mol. The van der Waals surface area contributed by atoms with Crippen molar-refractivity contribution in [3.05, 3.63) is 94.7 Å². The molecule has 2 aliphatic carbocycles. The monoisotopic (exact) mass is 587 g/mol. The van der Waals surface area contributed by atoms with Gasteiger partial charge in [0.2, 0.25) is 10.0 Å². The van der Waals surface area contributed by atoms with E-state index in [9.17, 15) is 13.2 Å². The van der Waals surface area contributed by atoms with Crippen LogP contribution in [-0.2, 0) is 29.4 Å². The molecule has 2 heterocycles. The fourth-order valence-electron chi connectivity index (χ4n) is 7.45. The zero-order valence-electron chi connectivity index (χ0n) is 24.9. The highest BCUT2D eigenvalue weighted by Gasteiger charge is 2.52. The Balaban J connectivity index is 0.912. The number of nitrogens with zero attached hydrogens (tertiary/aromatic N) is 2. The zero-order chi connectivity index (χ0) is 29.1. The van der Waals surface area contributed by atoms with Gasteiger partial charge in [-0.1, -0.05) is 54.6 Å². The molecule has 0 radical (unpaired) electrons. The number of carbonyl (C=O) groups is 1. The van der Waals surface area contributed by atoms with Crippen molar-refractivity contribution in [1.82, 2.24) is 14.5 Å². The molecule has 42 heavy (non-hydrogen) atoms. The third-order valence-corrected chi connectivity index (χ3v) is 10.5. The number of ketones is 1. The average Bonchev–Trinajstić information content (AvgIpc) is 3.72. The van der Waals surface area contributed by atoms with E-state index < -0.39 is 10.0 Å². The largest absolute Gasteiger partial charge is 0.303 e. The minimum Gasteiger partial charge on any atom is -0.303 e. The van der Waals surface area contributed by atoms with Crippen molar-refractivity contribution < 1.29 is 13.2 Å². The van der Waals surface area contributed by atoms with E-state index in [1.54, 1.807) is 0 Å². The lowest BCUT2D eigenvalue weighted by Crippen LogP contribution is -2.35. The Bertz CT molecular complexity index is 1430. The summed E-state index contributed by atoms with van der Waals surface area (Å²) < 4.78 is 26.2. The quantitative estimate of drug-likeness (QED) is 0.365. The van der Waals surface area contributed by atoms with Gasteiger partial charge in [-0.3, -0.25) is 14.4 Å². The SMILES string of the molecule is CS(=O)(=O)NC1=CC=CC2C(CN3CCC(CCCC(=O)c4ccc5c(c4)CCN(Cc4ccccc4)CC5)CC3)C12. The van der Waals surface area contributed by atoms with Crippen molar-refractivity contribution in [2.24, 2.45) is 23.7 Å². The van der Waals surface area contributed by atoms with Gasteiger partial charge in [-0.15, -0.1) is 0 Å². The summed E-state index contributed by atoms with van der Waals surface area (Å²) in [5.74, 6) is 2.27. The van der Waals surface area contributed by atoms with Crippen molar-refractivity contribution >= 4 is 15.8 Å². The highest BCUT2D eigenvalue weighted by molar-refractivity contribution is 7.88. The summed E-state index contributed by atoms with van der Waals surface area (Å²) in [6, 6.07) is 17.1. The molecule has 4 aliphatic rings. The van der Waals surface area contributed by atoms with E-state index in [1.165, 1.54) is 35.8 Å². The van der Waals surface area contributed by atoms with Gasteiger partial charge in [-0.2, -0.15) is 0 Å². The Kier molecular flexibility index (Phi) is 8.98. The van der Waals surface area contributed by atoms with Crippen LogP contribution in [0.4, 0.5) is 0 Å². The topological polar surface area (TPSA) is 69.7 Å². The maximum atomic E-state index is 13.1. The molecule has 7 heteroatoms. The molecule has 0 bridgehead atoms. The van der Waals surface area contributed by atoms with Crippen molar-refractivity contribution in [3.63, 3.8) is 0 Å². The molecule has 2 aromatic rings. The molecule has 3 atom stereocenters. The Labute approximate surface area is 251 Å². The predicted octanol–water partition coefficient (Wildman–Crippen LogP) is 5.22. The van der Waals surface area contributed by atoms with E-state index in [4.69, 9.17) is 0 Å². The van der Waals surface area contributed by atoms with Crippen molar-refractivity contribution in [2.75, 3.05) is 39.0 Å². The van der Waals surface area contributed by atoms with Crippen molar-refractivity contribution in [2.45, 2.75) is 51.5 Å². The van der Waals surface area contributed by atoms with E-state index in [0.29, 0.717) is 30.1 Å². The summed E-state index contributed by atoms with van der Waals surface area (Å²) in [4.78, 5) is 18.2. The van der Waals surface area contributed by atoms with Gasteiger partial charge in [0.05, 0.1) is 6.26 Å². The minimum atomic E-state index is -3.24. The van der Waals surface area contributed by atoms with Gasteiger partial charge in [0.1, 0.15) is 0 Å². The third-order valence-electron chi connectivity index (χ3n) is 9.87. The molecule has 3 unspecified atom stereocenters. The van der Waals surface area contributed by atoms with Gasteiger partial charge in [-0.05, 0) is 98.2 Å². The smallest absolute Gasteiger partial charge is 0.229 e. The molecule has 1 N–H and O–H groups in total. The number of likely N-dealkylation sites (tertiary alicyclic amines) is 1. The molecule has 6 rings (SSSR count). The van der Waals surface area contributed by atoms with E-state index in [-0.39, 0.29) is 5.78 Å². The summed E-state index contributed by atoms with van der Waals surface area (Å²) in [5.41, 5.74) is 5.85. The van der Waals surface area contributed by atoms with Crippen LogP contribution in [0.25, 0.3) is 0 Å². The molecular formula is C35H45N3O3S. The standard InChI is InChI=1S/C35H45N3O3S/c1-42(40,41)36-33-11-6-10-31-32(35(31)33)25-38-19-15-26(16-20-38)9-5-12-34(39)30-14-13-28-17-21-37(22-18-29(28)23-30)24-27-7-3-2-4-8-27/h2-4,6-8,10-11,13-14,23,26,31-32,35-36H,5,9,12,15-22,24-25H2,1H3. The Morgan fingerprint density at radius 3 is 2.48 bits per heavy atom. The van der Waals surface area contributed by atoms with Gasteiger partial charge >= 0.3 is 0 Å². The van der Waals surface area contributed by atoms with E-state index in [2.05, 4.69) is 69.1 Å². The molecule has 224 valence electrons. The van der Waals surface area contributed by atoms with E-state index in [0.717, 1.165) is 76.2 Å². The van der Waals surface area contributed by atoms with Crippen LogP contribution in [0.15, 0.2) is 72.5 Å². The summed E-state index contributed by atoms with van der Waals surface area (Å²) in [5, 5.41) is 0. The number of sulfonamides is 1. The third kappa shape index (κ3) is 7.42. The highest BCUT2D eigenvalue weighted by atomic mass is 32.2. The minimum absolute atomic E-state index is 0.289. The van der Waals surface area contributed by atoms with Crippen LogP contribution in [0.3, 0.4) is 0 Å². The maximum Gasteiger partial charge on any atom is 0.229 e. The first-order valence-electron chi connectivity index (χ1n) is 15.8. The number of hydrogen-bond donors (Lipinski definition) is 1. The van der Waals surface area contributed by atoms with E-state index >= 15 is 0 Å². The lowest BCUT2D eigenvalue weighted by Gasteiger charge is -2.32. The second kappa shape index (κ2) is 12.9. The number of fused-ring (bicyclic) bond motifs is 2. The van der Waals surface area contributed by atoms with Crippen LogP contribution < -0.4 is 4.72 Å². The number of hydrogen-bond acceptors (Lipinski definition) is 5. The predicted molar refractivity (Wildman–Crippen MR) is 169 cm³/mol. The average molecular weight is 588 g/mol. The van der Waals surface area contributed by atoms with Gasteiger partial charge < -0.3 is 4.90 Å². The highest BCUT2D eigenvalue weighted by Crippen LogP contribution is 2.53. The Morgan fingerprint density at radius 1 is 0.952 bits per heavy atom. The molecule has 0 aromatic heterocycles. The number of allylic oxidation sites excluding steroid dienone is 4. The molecule has 6 nitrogen and oxygen atoms in total. The molecule has 1 saturated carbocycles. The number of carbonyl (C=O) groups excluding carboxylic acids is 1. The number of rotatable bonds is 11. The van der Waals surface area contributed by atoms with Gasteiger partial charge in [0.15, 0.2) is 5.78 Å². The lowest BCUT2D eigenvalue weighted by atomic mass is 9.90. The Hall–Kier alpha value is -2.74. The van der Waals surface area contributed by atoms with E-state index in [1.807, 2.05) is 12.2 Å². The molecule has 2 aliphatic heterocycles. The fourth-order valence-corrected chi connectivity index (χ4v) is 8.08. The second-order valence-electron chi connectivity index (χ2n) is 13.0. The molecule has 2 aromatic carbocycles. The van der Waals surface area contributed by atoms with Gasteiger partial charge in [0.25, 0.3) is 0 Å². The first kappa shape index (κ1) is 29.3. The second-order valence-corrected chi connectivity index (χ2v) is 14.7. The normalized spacial score (nSPS) is 24.8. The molecule has 0 spiro atoms. The lowest BCUT2D eigenvalue weighted by molar-refractivity contribution is 0.0974. The van der Waals surface area contributed by atoms with Crippen LogP contribution in [0, 0.1) is 23.7 Å². The summed E-state index contributed by atoms with van der Waals surface area (Å²) in [6.45, 7) is 6.32. The summed E-state index contributed by atoms with van der Waals surface area (Å²) >= 11 is 0. The maximum absolute atomic E-state index is 13.1. The number of piperidine rings is 1. The molecule has 1 saturated heterocycles. The number of Topliss-reactive ketones (excluding diaryl/α,β-unsaturated/α-hetero) is 1. The summed E-state index contributed by atoms with van der Waals surface area (Å²) in [6.07, 6.45) is 14.5. The van der Waals surface area contributed by atoms with Crippen LogP contribution in [0.1, 0.15) is 59.2 Å². The van der Waals surface area contributed by atoms with Crippen LogP contribution in [0.2, 0.25) is 0 Å². The van der Waals surface area contributed by atoms with Crippen LogP contribution >= 0.6 is 0 Å². The zero-order valence-corrected chi connectivity index (χ0v) is 25.7. The van der Waals surface area contributed by atoms with Crippen LogP contribution in [0.5, 0.6) is 0 Å². The number of benzene rings is 2. The van der Waals surface area contributed by atoms with Gasteiger partial charge in [-0.25, -0.2) is 8.42 Å².